The van der Waals surface area contributed by atoms with Crippen LogP contribution in [0.2, 0.25) is 0 Å². The number of hydrogen-bond donors (Lipinski definition) is 1. The standard InChI is InChI=1S/C13H18O3.2C2H6/c1-11-6-8-12(9-7-11)16-10-4-2-3-5-13(14)15;2*1-2/h6-9H,2-5,10H2,1H3,(H,14,15);2*1-2H3. The van der Waals surface area contributed by atoms with Crippen LogP contribution >= 0.6 is 0 Å². The summed E-state index contributed by atoms with van der Waals surface area (Å²) in [6.07, 6.45) is 2.79. The van der Waals surface area contributed by atoms with Crippen LogP contribution in [0.5, 0.6) is 5.75 Å². The summed E-state index contributed by atoms with van der Waals surface area (Å²) in [7, 11) is 0. The molecule has 20 heavy (non-hydrogen) atoms. The highest BCUT2D eigenvalue weighted by atomic mass is 16.5. The average molecular weight is 282 g/mol. The summed E-state index contributed by atoms with van der Waals surface area (Å²) >= 11 is 0. The molecule has 1 N–H and O–H groups in total. The highest BCUT2D eigenvalue weighted by Crippen LogP contribution is 2.12. The van der Waals surface area contributed by atoms with Gasteiger partial charge < -0.3 is 9.84 Å². The molecule has 0 aliphatic heterocycles. The molecule has 0 aliphatic carbocycles. The van der Waals surface area contributed by atoms with Gasteiger partial charge in [0.1, 0.15) is 5.75 Å². The molecule has 0 saturated heterocycles. The number of ether oxygens (including phenoxy) is 1. The fourth-order valence-electron chi connectivity index (χ4n) is 1.38. The van der Waals surface area contributed by atoms with E-state index in [9.17, 15) is 4.79 Å². The number of hydrogen-bond acceptors (Lipinski definition) is 2. The molecule has 0 atom stereocenters. The van der Waals surface area contributed by atoms with Gasteiger partial charge >= 0.3 is 5.97 Å². The molecule has 1 rings (SSSR count). The largest absolute Gasteiger partial charge is 0.494 e. The Kier molecular flexibility index (Phi) is 16.2. The molecule has 0 unspecified atom stereocenters. The summed E-state index contributed by atoms with van der Waals surface area (Å²) in [4.78, 5) is 10.3. The van der Waals surface area contributed by atoms with Crippen LogP contribution in [0.4, 0.5) is 0 Å². The van der Waals surface area contributed by atoms with Crippen molar-refractivity contribution in [1.82, 2.24) is 0 Å². The zero-order valence-electron chi connectivity index (χ0n) is 13.6. The Balaban J connectivity index is 0. The lowest BCUT2D eigenvalue weighted by molar-refractivity contribution is -0.137. The first-order valence-corrected chi connectivity index (χ1v) is 7.60. The predicted molar refractivity (Wildman–Crippen MR) is 85.5 cm³/mol. The van der Waals surface area contributed by atoms with E-state index in [1.54, 1.807) is 0 Å². The number of benzene rings is 1. The van der Waals surface area contributed by atoms with Gasteiger partial charge in [-0.2, -0.15) is 0 Å². The monoisotopic (exact) mass is 282 g/mol. The summed E-state index contributed by atoms with van der Waals surface area (Å²) in [5.41, 5.74) is 1.22. The molecule has 1 aromatic rings. The Morgan fingerprint density at radius 3 is 2.05 bits per heavy atom. The first-order valence-electron chi connectivity index (χ1n) is 7.60. The third kappa shape index (κ3) is 12.9. The number of aryl methyl sites for hydroxylation is 1. The van der Waals surface area contributed by atoms with Gasteiger partial charge in [-0.1, -0.05) is 45.4 Å². The van der Waals surface area contributed by atoms with E-state index in [1.165, 1.54) is 5.56 Å². The number of carboxylic acid groups (broad SMARTS) is 1. The van der Waals surface area contributed by atoms with Crippen molar-refractivity contribution in [2.24, 2.45) is 0 Å². The maximum Gasteiger partial charge on any atom is 0.303 e. The molecule has 0 bridgehead atoms. The molecule has 116 valence electrons. The van der Waals surface area contributed by atoms with Gasteiger partial charge in [0.25, 0.3) is 0 Å². The van der Waals surface area contributed by atoms with Gasteiger partial charge in [-0.05, 0) is 38.3 Å². The number of carbonyl (C=O) groups is 1. The fraction of sp³-hybridized carbons (Fsp3) is 0.588. The molecule has 0 amide bonds. The summed E-state index contributed by atoms with van der Waals surface area (Å²) < 4.78 is 5.52. The minimum Gasteiger partial charge on any atom is -0.494 e. The molecule has 3 nitrogen and oxygen atoms in total. The lowest BCUT2D eigenvalue weighted by Crippen LogP contribution is -1.99. The normalized spacial score (nSPS) is 8.65. The van der Waals surface area contributed by atoms with Gasteiger partial charge in [-0.15, -0.1) is 0 Å². The van der Waals surface area contributed by atoms with Crippen LogP contribution in [0, 0.1) is 6.92 Å². The van der Waals surface area contributed by atoms with Crippen LogP contribution in [0.25, 0.3) is 0 Å². The molecule has 0 saturated carbocycles. The Bertz CT molecular complexity index is 318. The second kappa shape index (κ2) is 15.5. The van der Waals surface area contributed by atoms with Gasteiger partial charge in [0, 0.05) is 6.42 Å². The Labute approximate surface area is 124 Å². The van der Waals surface area contributed by atoms with Gasteiger partial charge in [-0.3, -0.25) is 4.79 Å². The minimum absolute atomic E-state index is 0.254. The topological polar surface area (TPSA) is 46.5 Å². The molecule has 0 radical (unpaired) electrons. The number of unbranched alkanes of at least 4 members (excludes halogenated alkanes) is 2. The maximum absolute atomic E-state index is 10.3. The van der Waals surface area contributed by atoms with Gasteiger partial charge in [0.2, 0.25) is 0 Å². The van der Waals surface area contributed by atoms with E-state index in [0.717, 1.165) is 25.0 Å². The maximum atomic E-state index is 10.3. The number of aliphatic carboxylic acids is 1. The van der Waals surface area contributed by atoms with E-state index in [1.807, 2.05) is 58.9 Å². The van der Waals surface area contributed by atoms with Crippen molar-refractivity contribution in [3.8, 4) is 5.75 Å². The highest BCUT2D eigenvalue weighted by Gasteiger charge is 1.97. The molecule has 0 fully saturated rings. The van der Waals surface area contributed by atoms with Crippen LogP contribution in [0.1, 0.15) is 58.9 Å². The van der Waals surface area contributed by atoms with Crippen molar-refractivity contribution in [1.29, 1.82) is 0 Å². The van der Waals surface area contributed by atoms with Gasteiger partial charge in [-0.25, -0.2) is 0 Å². The van der Waals surface area contributed by atoms with E-state index in [-0.39, 0.29) is 6.42 Å². The van der Waals surface area contributed by atoms with Crippen molar-refractivity contribution in [2.45, 2.75) is 60.3 Å². The molecule has 3 heteroatoms. The zero-order chi connectivity index (χ0) is 15.8. The summed E-state index contributed by atoms with van der Waals surface area (Å²) in [5.74, 6) is 0.156. The van der Waals surface area contributed by atoms with E-state index in [2.05, 4.69) is 0 Å². The van der Waals surface area contributed by atoms with E-state index < -0.39 is 5.97 Å². The van der Waals surface area contributed by atoms with E-state index >= 15 is 0 Å². The second-order valence-electron chi connectivity index (χ2n) is 3.87. The molecular weight excluding hydrogens is 252 g/mol. The predicted octanol–water partition coefficient (Wildman–Crippen LogP) is 5.07. The van der Waals surface area contributed by atoms with Crippen LogP contribution in [0.15, 0.2) is 24.3 Å². The number of carboxylic acids is 1. The van der Waals surface area contributed by atoms with E-state index in [4.69, 9.17) is 9.84 Å². The van der Waals surface area contributed by atoms with Crippen LogP contribution in [-0.2, 0) is 4.79 Å². The Morgan fingerprint density at radius 2 is 1.55 bits per heavy atom. The highest BCUT2D eigenvalue weighted by molar-refractivity contribution is 5.66. The molecule has 1 aromatic carbocycles. The molecule has 0 heterocycles. The van der Waals surface area contributed by atoms with Crippen molar-refractivity contribution in [2.75, 3.05) is 6.61 Å². The Hall–Kier alpha value is -1.51. The average Bonchev–Trinajstić information content (AvgIpc) is 2.48. The zero-order valence-corrected chi connectivity index (χ0v) is 13.6. The van der Waals surface area contributed by atoms with Crippen LogP contribution in [-0.4, -0.2) is 17.7 Å². The van der Waals surface area contributed by atoms with Gasteiger partial charge in [0.15, 0.2) is 0 Å². The second-order valence-corrected chi connectivity index (χ2v) is 3.87. The first-order chi connectivity index (χ1) is 9.68. The summed E-state index contributed by atoms with van der Waals surface area (Å²) in [6, 6.07) is 7.93. The smallest absolute Gasteiger partial charge is 0.303 e. The molecule has 0 aliphatic rings. The third-order valence-corrected chi connectivity index (χ3v) is 2.32. The molecular formula is C17H30O3. The van der Waals surface area contributed by atoms with Crippen molar-refractivity contribution in [3.63, 3.8) is 0 Å². The summed E-state index contributed by atoms with van der Waals surface area (Å²) in [5, 5.41) is 8.44. The van der Waals surface area contributed by atoms with E-state index in [0.29, 0.717) is 6.61 Å². The Morgan fingerprint density at radius 1 is 1.00 bits per heavy atom. The minimum atomic E-state index is -0.723. The number of rotatable bonds is 7. The summed E-state index contributed by atoms with van der Waals surface area (Å²) in [6.45, 7) is 10.7. The fourth-order valence-corrected chi connectivity index (χ4v) is 1.38. The lowest BCUT2D eigenvalue weighted by Gasteiger charge is -2.05. The first kappa shape index (κ1) is 20.8. The van der Waals surface area contributed by atoms with Crippen LogP contribution in [0.3, 0.4) is 0 Å². The quantitative estimate of drug-likeness (QED) is 0.710. The van der Waals surface area contributed by atoms with Gasteiger partial charge in [0.05, 0.1) is 6.61 Å². The van der Waals surface area contributed by atoms with Crippen LogP contribution < -0.4 is 4.74 Å². The SMILES string of the molecule is CC.CC.Cc1ccc(OCCCCCC(=O)O)cc1. The lowest BCUT2D eigenvalue weighted by atomic mass is 10.2. The van der Waals surface area contributed by atoms with Crippen molar-refractivity contribution in [3.05, 3.63) is 29.8 Å². The van der Waals surface area contributed by atoms with Crippen molar-refractivity contribution >= 4 is 5.97 Å². The third-order valence-electron chi connectivity index (χ3n) is 2.32. The molecule has 0 spiro atoms. The molecule has 0 aromatic heterocycles. The van der Waals surface area contributed by atoms with Crippen molar-refractivity contribution < 1.29 is 14.6 Å².